The van der Waals surface area contributed by atoms with Gasteiger partial charge in [0, 0.05) is 38.3 Å². The van der Waals surface area contributed by atoms with Crippen LogP contribution in [-0.2, 0) is 14.8 Å². The van der Waals surface area contributed by atoms with E-state index in [2.05, 4.69) is 0 Å². The maximum absolute atomic E-state index is 13.0. The maximum Gasteiger partial charge on any atom is 0.340 e. The molecular formula is C20H23N3O7S. The average Bonchev–Trinajstić information content (AvgIpc) is 2.78. The summed E-state index contributed by atoms with van der Waals surface area (Å²) in [6, 6.07) is 10.2. The predicted octanol–water partition coefficient (Wildman–Crippen LogP) is 2.29. The fourth-order valence-corrected chi connectivity index (χ4v) is 4.80. The number of anilines is 1. The van der Waals surface area contributed by atoms with Crippen molar-refractivity contribution in [1.29, 1.82) is 0 Å². The lowest BCUT2D eigenvalue weighted by Crippen LogP contribution is -2.49. The zero-order chi connectivity index (χ0) is 22.6. The lowest BCUT2D eigenvalue weighted by atomic mass is 10.1. The summed E-state index contributed by atoms with van der Waals surface area (Å²) in [5.41, 5.74) is 0.316. The minimum atomic E-state index is -3.68. The monoisotopic (exact) mass is 449 g/mol. The Hall–Kier alpha value is -3.18. The lowest BCUT2D eigenvalue weighted by molar-refractivity contribution is -0.384. The summed E-state index contributed by atoms with van der Waals surface area (Å²) in [6.07, 6.45) is 0. The van der Waals surface area contributed by atoms with Gasteiger partial charge in [-0.3, -0.25) is 10.1 Å². The number of carbonyl (C=O) groups is 1. The molecule has 0 radical (unpaired) electrons. The molecule has 166 valence electrons. The van der Waals surface area contributed by atoms with Gasteiger partial charge in [0.2, 0.25) is 10.0 Å². The Balaban J connectivity index is 1.77. The Labute approximate surface area is 180 Å². The van der Waals surface area contributed by atoms with Gasteiger partial charge in [-0.1, -0.05) is 0 Å². The fourth-order valence-electron chi connectivity index (χ4n) is 3.38. The molecule has 1 aliphatic heterocycles. The molecule has 0 bridgehead atoms. The van der Waals surface area contributed by atoms with Gasteiger partial charge < -0.3 is 14.4 Å². The van der Waals surface area contributed by atoms with Crippen molar-refractivity contribution in [2.45, 2.75) is 11.8 Å². The smallest absolute Gasteiger partial charge is 0.340 e. The summed E-state index contributed by atoms with van der Waals surface area (Å²) in [5.74, 6) is -0.0945. The van der Waals surface area contributed by atoms with Crippen LogP contribution in [0.5, 0.6) is 5.75 Å². The molecule has 0 aromatic heterocycles. The fraction of sp³-hybridized carbons (Fsp3) is 0.350. The molecule has 11 heteroatoms. The molecule has 1 heterocycles. The second-order valence-electron chi connectivity index (χ2n) is 6.75. The molecule has 0 spiro atoms. The molecule has 0 N–H and O–H groups in total. The molecule has 0 atom stereocenters. The first kappa shape index (κ1) is 22.5. The molecule has 2 aromatic rings. The molecule has 31 heavy (non-hydrogen) atoms. The second-order valence-corrected chi connectivity index (χ2v) is 8.68. The number of carbonyl (C=O) groups excluding carboxylic acids is 1. The molecule has 10 nitrogen and oxygen atoms in total. The Morgan fingerprint density at radius 3 is 2.29 bits per heavy atom. The van der Waals surface area contributed by atoms with Gasteiger partial charge in [0.25, 0.3) is 5.69 Å². The van der Waals surface area contributed by atoms with E-state index >= 15 is 0 Å². The number of sulfonamides is 1. The third kappa shape index (κ3) is 4.78. The summed E-state index contributed by atoms with van der Waals surface area (Å²) in [4.78, 5) is 24.6. The molecule has 2 aromatic carbocycles. The number of hydrogen-bond acceptors (Lipinski definition) is 8. The summed E-state index contributed by atoms with van der Waals surface area (Å²) in [6.45, 7) is 3.38. The van der Waals surface area contributed by atoms with Crippen molar-refractivity contribution in [3.8, 4) is 5.75 Å². The molecule has 0 saturated carbocycles. The molecule has 1 fully saturated rings. The normalized spacial score (nSPS) is 14.8. The summed E-state index contributed by atoms with van der Waals surface area (Å²) in [7, 11) is -2.48. The zero-order valence-corrected chi connectivity index (χ0v) is 18.0. The highest BCUT2D eigenvalue weighted by atomic mass is 32.2. The molecule has 3 rings (SSSR count). The van der Waals surface area contributed by atoms with Crippen LogP contribution in [0, 0.1) is 10.1 Å². The number of methoxy groups -OCH3 is 1. The van der Waals surface area contributed by atoms with Crippen molar-refractivity contribution in [2.24, 2.45) is 0 Å². The van der Waals surface area contributed by atoms with Crippen LogP contribution in [0.15, 0.2) is 47.4 Å². The van der Waals surface area contributed by atoms with Gasteiger partial charge in [-0.25, -0.2) is 13.2 Å². The minimum Gasteiger partial charge on any atom is -0.494 e. The van der Waals surface area contributed by atoms with Crippen LogP contribution in [0.3, 0.4) is 0 Å². The molecular weight excluding hydrogens is 426 g/mol. The first-order valence-corrected chi connectivity index (χ1v) is 11.1. The zero-order valence-electron chi connectivity index (χ0n) is 17.2. The van der Waals surface area contributed by atoms with Crippen molar-refractivity contribution in [3.05, 3.63) is 58.1 Å². The van der Waals surface area contributed by atoms with E-state index in [-0.39, 0.29) is 29.2 Å². The minimum absolute atomic E-state index is 0.0690. The third-order valence-corrected chi connectivity index (χ3v) is 6.86. The number of ether oxygens (including phenoxy) is 2. The Kier molecular flexibility index (Phi) is 6.76. The predicted molar refractivity (Wildman–Crippen MR) is 113 cm³/mol. The van der Waals surface area contributed by atoms with Crippen molar-refractivity contribution in [3.63, 3.8) is 0 Å². The first-order chi connectivity index (χ1) is 14.8. The SMILES string of the molecule is CCOc1ccc(S(=O)(=O)N2CCN(c3ccc([N+](=O)[O-])cc3C(=O)OC)CC2)cc1. The van der Waals surface area contributed by atoms with Gasteiger partial charge in [-0.2, -0.15) is 4.31 Å². The first-order valence-electron chi connectivity index (χ1n) is 9.62. The Morgan fingerprint density at radius 1 is 1.10 bits per heavy atom. The van der Waals surface area contributed by atoms with E-state index < -0.39 is 20.9 Å². The van der Waals surface area contributed by atoms with E-state index in [1.165, 1.54) is 41.7 Å². The Morgan fingerprint density at radius 2 is 1.74 bits per heavy atom. The van der Waals surface area contributed by atoms with Crippen molar-refractivity contribution in [2.75, 3.05) is 44.8 Å². The second kappa shape index (κ2) is 9.31. The third-order valence-electron chi connectivity index (χ3n) is 4.95. The van der Waals surface area contributed by atoms with Gasteiger partial charge in [0.05, 0.1) is 34.8 Å². The largest absolute Gasteiger partial charge is 0.494 e. The van der Waals surface area contributed by atoms with E-state index in [4.69, 9.17) is 9.47 Å². The topological polar surface area (TPSA) is 119 Å². The Bertz CT molecular complexity index is 1060. The van der Waals surface area contributed by atoms with Crippen LogP contribution in [0.25, 0.3) is 0 Å². The van der Waals surface area contributed by atoms with E-state index in [0.29, 0.717) is 31.1 Å². The van der Waals surface area contributed by atoms with Crippen LogP contribution < -0.4 is 9.64 Å². The quantitative estimate of drug-likeness (QED) is 0.359. The number of piperazine rings is 1. The maximum atomic E-state index is 13.0. The van der Waals surface area contributed by atoms with Gasteiger partial charge in [0.15, 0.2) is 0 Å². The van der Waals surface area contributed by atoms with E-state index in [1.807, 2.05) is 11.8 Å². The van der Waals surface area contributed by atoms with E-state index in [1.54, 1.807) is 12.1 Å². The van der Waals surface area contributed by atoms with Crippen molar-refractivity contribution < 1.29 is 27.6 Å². The van der Waals surface area contributed by atoms with Crippen LogP contribution in [0.1, 0.15) is 17.3 Å². The van der Waals surface area contributed by atoms with Crippen LogP contribution in [-0.4, -0.2) is 63.5 Å². The standard InChI is InChI=1S/C20H23N3O7S/c1-3-30-16-5-7-17(8-6-16)31(27,28)22-12-10-21(11-13-22)19-9-4-15(23(25)26)14-18(19)20(24)29-2/h4-9,14H,3,10-13H2,1-2H3. The lowest BCUT2D eigenvalue weighted by Gasteiger charge is -2.36. The molecule has 0 aliphatic carbocycles. The molecule has 1 aliphatic rings. The van der Waals surface area contributed by atoms with Gasteiger partial charge >= 0.3 is 5.97 Å². The van der Waals surface area contributed by atoms with Crippen LogP contribution in [0.4, 0.5) is 11.4 Å². The molecule has 0 amide bonds. The number of nitrogens with zero attached hydrogens (tertiary/aromatic N) is 3. The number of hydrogen-bond donors (Lipinski definition) is 0. The average molecular weight is 449 g/mol. The van der Waals surface area contributed by atoms with E-state index in [9.17, 15) is 23.3 Å². The highest BCUT2D eigenvalue weighted by molar-refractivity contribution is 7.89. The van der Waals surface area contributed by atoms with Gasteiger partial charge in [-0.15, -0.1) is 0 Å². The number of esters is 1. The van der Waals surface area contributed by atoms with Crippen LogP contribution >= 0.6 is 0 Å². The highest BCUT2D eigenvalue weighted by Gasteiger charge is 2.30. The molecule has 0 unspecified atom stereocenters. The van der Waals surface area contributed by atoms with Gasteiger partial charge in [-0.05, 0) is 37.3 Å². The van der Waals surface area contributed by atoms with Crippen LogP contribution in [0.2, 0.25) is 0 Å². The summed E-state index contributed by atoms with van der Waals surface area (Å²) >= 11 is 0. The summed E-state index contributed by atoms with van der Waals surface area (Å²) in [5, 5.41) is 11.1. The number of nitro groups is 1. The number of nitro benzene ring substituents is 1. The van der Waals surface area contributed by atoms with Crippen molar-refractivity contribution in [1.82, 2.24) is 4.31 Å². The number of benzene rings is 2. The summed E-state index contributed by atoms with van der Waals surface area (Å²) < 4.78 is 37.4. The number of rotatable bonds is 7. The highest BCUT2D eigenvalue weighted by Crippen LogP contribution is 2.28. The van der Waals surface area contributed by atoms with Crippen molar-refractivity contribution >= 4 is 27.4 Å². The molecule has 1 saturated heterocycles. The number of non-ortho nitro benzene ring substituents is 1. The van der Waals surface area contributed by atoms with E-state index in [0.717, 1.165) is 0 Å². The van der Waals surface area contributed by atoms with Gasteiger partial charge in [0.1, 0.15) is 5.75 Å².